The number of hydrogen-bond donors (Lipinski definition) is 0. The highest BCUT2D eigenvalue weighted by molar-refractivity contribution is 8.32. The quantitative estimate of drug-likeness (QED) is 0.134. The lowest BCUT2D eigenvalue weighted by atomic mass is 9.84. The van der Waals surface area contributed by atoms with Gasteiger partial charge in [-0.3, -0.25) is 0 Å². The summed E-state index contributed by atoms with van der Waals surface area (Å²) in [7, 11) is -1.17. The van der Waals surface area contributed by atoms with Gasteiger partial charge >= 0.3 is 0 Å². The molecule has 1 aliphatic carbocycles. The third kappa shape index (κ3) is 7.46. The van der Waals surface area contributed by atoms with E-state index < -0.39 is 10.0 Å². The van der Waals surface area contributed by atoms with Crippen LogP contribution < -0.4 is 9.80 Å². The Balaban J connectivity index is 1.29. The van der Waals surface area contributed by atoms with Crippen molar-refractivity contribution in [3.8, 4) is 22.3 Å². The molecule has 0 amide bonds. The summed E-state index contributed by atoms with van der Waals surface area (Å²) < 4.78 is 0. The van der Waals surface area contributed by atoms with Crippen molar-refractivity contribution in [3.63, 3.8) is 0 Å². The van der Waals surface area contributed by atoms with Crippen LogP contribution in [-0.4, -0.2) is 18.8 Å². The normalized spacial score (nSPS) is 12.6. The number of aryl methyl sites for hydroxylation is 8. The average molecular weight is 851 g/mol. The van der Waals surface area contributed by atoms with E-state index in [2.05, 4.69) is 234 Å². The Morgan fingerprint density at radius 1 is 0.375 bits per heavy atom. The molecule has 0 fully saturated rings. The molecule has 1 aliphatic rings. The van der Waals surface area contributed by atoms with Gasteiger partial charge in [0.15, 0.2) is 0 Å². The molecule has 0 saturated carbocycles. The molecule has 0 unspecified atom stereocenters. The van der Waals surface area contributed by atoms with Crippen LogP contribution >= 0.6 is 10.0 Å². The lowest BCUT2D eigenvalue weighted by Crippen LogP contribution is -2.18. The number of nitrogens with zero attached hydrogens (tertiary/aromatic N) is 2. The monoisotopic (exact) mass is 850 g/mol. The average Bonchev–Trinajstić information content (AvgIpc) is 3.27. The number of hydrogen-bond acceptors (Lipinski definition) is 2. The van der Waals surface area contributed by atoms with E-state index in [0.29, 0.717) is 0 Å². The molecule has 9 aromatic rings. The SMILES string of the molecule is Cc1cc(C)cc(N(c2cc(-c3ccccc3)ccc2C)c2ccc3ccc4c(N(c5cc(C)cc(C)c5)c5cc(-c6ccccc6)ccc5C)cc(S(C)(C)C)c5c4c3c2CC5)c1. The van der Waals surface area contributed by atoms with Gasteiger partial charge in [-0.15, -0.1) is 0 Å². The molecule has 0 atom stereocenters. The number of anilines is 6. The minimum Gasteiger partial charge on any atom is -0.310 e. The molecule has 0 spiro atoms. The number of benzene rings is 9. The fraction of sp³-hybridized carbons (Fsp3) is 0.180. The summed E-state index contributed by atoms with van der Waals surface area (Å²) >= 11 is 0. The Labute approximate surface area is 382 Å². The molecule has 2 nitrogen and oxygen atoms in total. The van der Waals surface area contributed by atoms with Gasteiger partial charge < -0.3 is 9.80 Å². The highest BCUT2D eigenvalue weighted by Crippen LogP contribution is 2.56. The van der Waals surface area contributed by atoms with Crippen LogP contribution in [0.1, 0.15) is 44.5 Å². The van der Waals surface area contributed by atoms with Gasteiger partial charge in [0.05, 0.1) is 5.69 Å². The maximum atomic E-state index is 2.58. The molecule has 0 bridgehead atoms. The summed E-state index contributed by atoms with van der Waals surface area (Å²) in [4.78, 5) is 6.66. The zero-order valence-electron chi connectivity index (χ0n) is 38.8. The van der Waals surface area contributed by atoms with E-state index in [1.54, 1.807) is 0 Å². The Morgan fingerprint density at radius 3 is 1.34 bits per heavy atom. The van der Waals surface area contributed by atoms with Crippen LogP contribution in [0.25, 0.3) is 43.8 Å². The highest BCUT2D eigenvalue weighted by atomic mass is 32.3. The van der Waals surface area contributed by atoms with E-state index in [1.807, 2.05) is 0 Å². The topological polar surface area (TPSA) is 6.48 Å². The minimum atomic E-state index is -1.17. The van der Waals surface area contributed by atoms with Crippen LogP contribution in [-0.2, 0) is 12.8 Å². The Morgan fingerprint density at radius 2 is 0.844 bits per heavy atom. The zero-order chi connectivity index (χ0) is 44.4. The first-order valence-corrected chi connectivity index (χ1v) is 25.5. The third-order valence-corrected chi connectivity index (χ3v) is 14.9. The van der Waals surface area contributed by atoms with Crippen LogP contribution in [0.15, 0.2) is 169 Å². The first-order valence-electron chi connectivity index (χ1n) is 22.6. The van der Waals surface area contributed by atoms with Crippen molar-refractivity contribution >= 4 is 65.7 Å². The van der Waals surface area contributed by atoms with Gasteiger partial charge in [-0.1, -0.05) is 115 Å². The summed E-state index contributed by atoms with van der Waals surface area (Å²) in [5, 5.41) is 5.41. The van der Waals surface area contributed by atoms with E-state index in [4.69, 9.17) is 0 Å². The van der Waals surface area contributed by atoms with Crippen molar-refractivity contribution in [2.24, 2.45) is 0 Å². The molecule has 0 aromatic heterocycles. The van der Waals surface area contributed by atoms with Crippen LogP contribution in [0.3, 0.4) is 0 Å². The maximum Gasteiger partial charge on any atom is 0.0551 e. The fourth-order valence-electron chi connectivity index (χ4n) is 10.4. The summed E-state index contributed by atoms with van der Waals surface area (Å²) in [6, 6.07) is 61.8. The second kappa shape index (κ2) is 16.2. The molecule has 0 radical (unpaired) electrons. The van der Waals surface area contributed by atoms with E-state index >= 15 is 0 Å². The summed E-state index contributed by atoms with van der Waals surface area (Å²) in [5.41, 5.74) is 22.7. The van der Waals surface area contributed by atoms with Crippen molar-refractivity contribution in [2.45, 2.75) is 59.3 Å². The predicted octanol–water partition coefficient (Wildman–Crippen LogP) is 17.3. The summed E-state index contributed by atoms with van der Waals surface area (Å²) in [6.45, 7) is 13.4. The second-order valence-corrected chi connectivity index (χ2v) is 23.1. The maximum absolute atomic E-state index is 2.58. The standard InChI is InChI=1S/C61H58N2S/c1-39-30-40(2)33-50(32-39)62(56-36-48(22-20-43(56)5)45-16-12-10-13-17-45)55-29-25-47-24-26-53-58(38-59(64(7,8)9)54-28-27-52(55)60(47)61(53)54)63(51-34-41(3)31-42(4)35-51)57-37-49(23-21-44(57)6)46-18-14-11-15-19-46/h10-26,29-38H,27-28H2,1-9H3. The van der Waals surface area contributed by atoms with Crippen LogP contribution in [0.2, 0.25) is 0 Å². The van der Waals surface area contributed by atoms with Crippen molar-refractivity contribution < 1.29 is 0 Å². The first kappa shape index (κ1) is 41.5. The molecule has 9 aromatic carbocycles. The Hall–Kier alpha value is -6.55. The molecule has 0 N–H and O–H groups in total. The molecule has 0 aliphatic heterocycles. The molecule has 64 heavy (non-hydrogen) atoms. The van der Waals surface area contributed by atoms with Crippen LogP contribution in [0.5, 0.6) is 0 Å². The van der Waals surface area contributed by atoms with Gasteiger partial charge in [0, 0.05) is 33.8 Å². The van der Waals surface area contributed by atoms with Gasteiger partial charge in [-0.25, -0.2) is 10.0 Å². The molecule has 10 rings (SSSR count). The van der Waals surface area contributed by atoms with Gasteiger partial charge in [0.1, 0.15) is 0 Å². The lowest BCUT2D eigenvalue weighted by molar-refractivity contribution is 0.938. The Kier molecular flexibility index (Phi) is 10.5. The van der Waals surface area contributed by atoms with Crippen molar-refractivity contribution in [1.82, 2.24) is 0 Å². The fourth-order valence-corrected chi connectivity index (χ4v) is 11.8. The second-order valence-electron chi connectivity index (χ2n) is 19.0. The van der Waals surface area contributed by atoms with Gasteiger partial charge in [0.25, 0.3) is 0 Å². The van der Waals surface area contributed by atoms with Crippen LogP contribution in [0, 0.1) is 41.5 Å². The molecule has 318 valence electrons. The first-order chi connectivity index (χ1) is 30.8. The molecule has 0 heterocycles. The van der Waals surface area contributed by atoms with E-state index in [1.165, 1.54) is 127 Å². The van der Waals surface area contributed by atoms with Gasteiger partial charge in [-0.05, 0) is 209 Å². The van der Waals surface area contributed by atoms with Crippen molar-refractivity contribution in [3.05, 3.63) is 208 Å². The van der Waals surface area contributed by atoms with E-state index in [9.17, 15) is 0 Å². The summed E-state index contributed by atoms with van der Waals surface area (Å²) in [6.07, 6.45) is 9.40. The van der Waals surface area contributed by atoms with Gasteiger partial charge in [0.2, 0.25) is 0 Å². The van der Waals surface area contributed by atoms with Gasteiger partial charge in [-0.2, -0.15) is 0 Å². The van der Waals surface area contributed by atoms with Crippen molar-refractivity contribution in [1.29, 1.82) is 0 Å². The van der Waals surface area contributed by atoms with E-state index in [-0.39, 0.29) is 0 Å². The lowest BCUT2D eigenvalue weighted by Gasteiger charge is -2.37. The highest BCUT2D eigenvalue weighted by Gasteiger charge is 2.30. The van der Waals surface area contributed by atoms with E-state index in [0.717, 1.165) is 12.8 Å². The van der Waals surface area contributed by atoms with Crippen LogP contribution in [0.4, 0.5) is 34.1 Å². The molecular formula is C61H58N2S. The molecule has 3 heteroatoms. The number of rotatable bonds is 9. The largest absolute Gasteiger partial charge is 0.310 e. The molecule has 0 saturated heterocycles. The third-order valence-electron chi connectivity index (χ3n) is 13.2. The smallest absolute Gasteiger partial charge is 0.0551 e. The zero-order valence-corrected chi connectivity index (χ0v) is 39.6. The van der Waals surface area contributed by atoms with Crippen molar-refractivity contribution in [2.75, 3.05) is 28.6 Å². The Bertz CT molecular complexity index is 3230. The molecular weight excluding hydrogens is 793 g/mol. The summed E-state index contributed by atoms with van der Waals surface area (Å²) in [5.74, 6) is 0. The minimum absolute atomic E-state index is 0.971. The predicted molar refractivity (Wildman–Crippen MR) is 281 cm³/mol.